The summed E-state index contributed by atoms with van der Waals surface area (Å²) in [6.45, 7) is 3.84. The van der Waals surface area contributed by atoms with Gasteiger partial charge in [0.25, 0.3) is 5.91 Å². The van der Waals surface area contributed by atoms with Gasteiger partial charge in [-0.15, -0.1) is 0 Å². The molecule has 0 aliphatic heterocycles. The second kappa shape index (κ2) is 6.61. The van der Waals surface area contributed by atoms with Gasteiger partial charge in [-0.3, -0.25) is 4.79 Å². The van der Waals surface area contributed by atoms with E-state index in [4.69, 9.17) is 5.73 Å². The van der Waals surface area contributed by atoms with E-state index in [0.717, 1.165) is 23.2 Å². The maximum Gasteiger partial charge on any atom is 0.251 e. The van der Waals surface area contributed by atoms with Gasteiger partial charge >= 0.3 is 0 Å². The van der Waals surface area contributed by atoms with Crippen molar-refractivity contribution in [2.24, 2.45) is 11.7 Å². The number of nitrogens with two attached hydrogens (primary N) is 1. The zero-order valence-electron chi connectivity index (χ0n) is 10.1. The first-order chi connectivity index (χ1) is 8.06. The van der Waals surface area contributed by atoms with Crippen LogP contribution in [0.3, 0.4) is 0 Å². The number of nitrogens with one attached hydrogen (secondary N) is 2. The minimum atomic E-state index is -0.429. The molecule has 0 aliphatic rings. The number of carbonyl (C=O) groups excluding carboxylic acids is 1. The lowest BCUT2D eigenvalue weighted by atomic mass is 10.1. The maximum atomic E-state index is 11.4. The van der Waals surface area contributed by atoms with Crippen LogP contribution in [0.25, 0.3) is 0 Å². The molecule has 0 aromatic heterocycles. The Bertz CT molecular complexity index is 395. The zero-order valence-corrected chi connectivity index (χ0v) is 11.7. The van der Waals surface area contributed by atoms with Gasteiger partial charge in [0.15, 0.2) is 0 Å². The molecule has 1 amide bonds. The van der Waals surface area contributed by atoms with E-state index in [-0.39, 0.29) is 0 Å². The summed E-state index contributed by atoms with van der Waals surface area (Å²) in [6, 6.07) is 5.54. The van der Waals surface area contributed by atoms with Crippen molar-refractivity contribution in [3.8, 4) is 0 Å². The smallest absolute Gasteiger partial charge is 0.251 e. The van der Waals surface area contributed by atoms with Gasteiger partial charge in [-0.25, -0.2) is 0 Å². The molecule has 4 N–H and O–H groups in total. The lowest BCUT2D eigenvalue weighted by molar-refractivity contribution is 0.100. The van der Waals surface area contributed by atoms with Crippen LogP contribution in [-0.2, 0) is 0 Å². The molecule has 1 aromatic carbocycles. The number of hydrogen-bond donors (Lipinski definition) is 3. The molecular weight excluding hydrogens is 282 g/mol. The Labute approximate surface area is 110 Å². The van der Waals surface area contributed by atoms with Crippen LogP contribution in [0, 0.1) is 5.92 Å². The summed E-state index contributed by atoms with van der Waals surface area (Å²) in [7, 11) is 1.92. The minimum Gasteiger partial charge on any atom is -0.384 e. The fraction of sp³-hybridized carbons (Fsp3) is 0.417. The molecule has 1 rings (SSSR count). The number of rotatable bonds is 6. The Morgan fingerprint density at radius 1 is 1.47 bits per heavy atom. The SMILES string of the molecule is CNCC(C)CNc1cccc(Br)c1C(N)=O. The van der Waals surface area contributed by atoms with Gasteiger partial charge in [0, 0.05) is 16.7 Å². The van der Waals surface area contributed by atoms with Crippen LogP contribution < -0.4 is 16.4 Å². The fourth-order valence-electron chi connectivity index (χ4n) is 1.63. The van der Waals surface area contributed by atoms with Gasteiger partial charge < -0.3 is 16.4 Å². The summed E-state index contributed by atoms with van der Waals surface area (Å²) in [5.41, 5.74) is 6.64. The largest absolute Gasteiger partial charge is 0.384 e. The topological polar surface area (TPSA) is 67.2 Å². The molecule has 0 fully saturated rings. The summed E-state index contributed by atoms with van der Waals surface area (Å²) in [5.74, 6) is 0.0425. The summed E-state index contributed by atoms with van der Waals surface area (Å²) >= 11 is 3.33. The van der Waals surface area contributed by atoms with Gasteiger partial charge in [0.2, 0.25) is 0 Å². The van der Waals surface area contributed by atoms with Crippen molar-refractivity contribution in [1.82, 2.24) is 5.32 Å². The molecule has 0 heterocycles. The van der Waals surface area contributed by atoms with E-state index in [9.17, 15) is 4.79 Å². The predicted octanol–water partition coefficient (Wildman–Crippen LogP) is 1.82. The Morgan fingerprint density at radius 3 is 2.76 bits per heavy atom. The van der Waals surface area contributed by atoms with E-state index < -0.39 is 5.91 Å². The molecule has 0 saturated carbocycles. The van der Waals surface area contributed by atoms with Crippen molar-refractivity contribution < 1.29 is 4.79 Å². The summed E-state index contributed by atoms with van der Waals surface area (Å²) in [4.78, 5) is 11.4. The lowest BCUT2D eigenvalue weighted by Crippen LogP contribution is -2.24. The Kier molecular flexibility index (Phi) is 5.44. The molecule has 0 spiro atoms. The van der Waals surface area contributed by atoms with Crippen LogP contribution in [0.15, 0.2) is 22.7 Å². The van der Waals surface area contributed by atoms with Gasteiger partial charge in [0.05, 0.1) is 5.56 Å². The van der Waals surface area contributed by atoms with E-state index in [1.54, 1.807) is 0 Å². The van der Waals surface area contributed by atoms with Crippen LogP contribution in [0.1, 0.15) is 17.3 Å². The van der Waals surface area contributed by atoms with E-state index >= 15 is 0 Å². The number of benzene rings is 1. The van der Waals surface area contributed by atoms with Crippen LogP contribution in [0.2, 0.25) is 0 Å². The molecule has 0 bridgehead atoms. The van der Waals surface area contributed by atoms with Gasteiger partial charge in [-0.2, -0.15) is 0 Å². The average molecular weight is 300 g/mol. The number of primary amides is 1. The zero-order chi connectivity index (χ0) is 12.8. The highest BCUT2D eigenvalue weighted by atomic mass is 79.9. The Morgan fingerprint density at radius 2 is 2.18 bits per heavy atom. The first-order valence-corrected chi connectivity index (χ1v) is 6.32. The molecular formula is C12H18BrN3O. The first kappa shape index (κ1) is 14.0. The standard InChI is InChI=1S/C12H18BrN3O/c1-8(6-15-2)7-16-10-5-3-4-9(13)11(10)12(14)17/h3-5,8,15-16H,6-7H2,1-2H3,(H2,14,17). The van der Waals surface area contributed by atoms with E-state index in [2.05, 4.69) is 33.5 Å². The lowest BCUT2D eigenvalue weighted by Gasteiger charge is -2.15. The fourth-order valence-corrected chi connectivity index (χ4v) is 2.19. The number of carbonyl (C=O) groups is 1. The van der Waals surface area contributed by atoms with E-state index in [0.29, 0.717) is 11.5 Å². The van der Waals surface area contributed by atoms with E-state index in [1.807, 2.05) is 25.2 Å². The number of hydrogen-bond acceptors (Lipinski definition) is 3. The van der Waals surface area contributed by atoms with Crippen molar-refractivity contribution in [1.29, 1.82) is 0 Å². The second-order valence-electron chi connectivity index (χ2n) is 4.07. The molecule has 17 heavy (non-hydrogen) atoms. The third-order valence-electron chi connectivity index (χ3n) is 2.45. The molecule has 0 radical (unpaired) electrons. The predicted molar refractivity (Wildman–Crippen MR) is 74.2 cm³/mol. The molecule has 1 aromatic rings. The normalized spacial score (nSPS) is 12.2. The van der Waals surface area contributed by atoms with Crippen LogP contribution >= 0.6 is 15.9 Å². The van der Waals surface area contributed by atoms with Crippen LogP contribution in [0.4, 0.5) is 5.69 Å². The van der Waals surface area contributed by atoms with Crippen LogP contribution in [0.5, 0.6) is 0 Å². The number of halogens is 1. The molecule has 1 atom stereocenters. The quantitative estimate of drug-likeness (QED) is 0.750. The van der Waals surface area contributed by atoms with Crippen LogP contribution in [-0.4, -0.2) is 26.0 Å². The molecule has 5 heteroatoms. The highest BCUT2D eigenvalue weighted by Gasteiger charge is 2.12. The molecule has 94 valence electrons. The molecule has 0 aliphatic carbocycles. The van der Waals surface area contributed by atoms with Crippen molar-refractivity contribution in [3.63, 3.8) is 0 Å². The van der Waals surface area contributed by atoms with Crippen molar-refractivity contribution in [2.45, 2.75) is 6.92 Å². The van der Waals surface area contributed by atoms with E-state index in [1.165, 1.54) is 0 Å². The van der Waals surface area contributed by atoms with Crippen molar-refractivity contribution in [2.75, 3.05) is 25.5 Å². The summed E-state index contributed by atoms with van der Waals surface area (Å²) in [6.07, 6.45) is 0. The van der Waals surface area contributed by atoms with Gasteiger partial charge in [-0.1, -0.05) is 13.0 Å². The Hall–Kier alpha value is -1.07. The maximum absolute atomic E-state index is 11.4. The van der Waals surface area contributed by atoms with Crippen molar-refractivity contribution >= 4 is 27.5 Å². The average Bonchev–Trinajstić information content (AvgIpc) is 2.26. The second-order valence-corrected chi connectivity index (χ2v) is 4.92. The number of amides is 1. The first-order valence-electron chi connectivity index (χ1n) is 5.53. The highest BCUT2D eigenvalue weighted by Crippen LogP contribution is 2.24. The van der Waals surface area contributed by atoms with Gasteiger partial charge in [-0.05, 0) is 47.6 Å². The Balaban J connectivity index is 2.77. The summed E-state index contributed by atoms with van der Waals surface area (Å²) < 4.78 is 0.719. The molecule has 1 unspecified atom stereocenters. The monoisotopic (exact) mass is 299 g/mol. The third kappa shape index (κ3) is 4.02. The minimum absolute atomic E-state index is 0.429. The highest BCUT2D eigenvalue weighted by molar-refractivity contribution is 9.10. The summed E-state index contributed by atoms with van der Waals surface area (Å²) in [5, 5.41) is 6.36. The molecule has 0 saturated heterocycles. The number of anilines is 1. The van der Waals surface area contributed by atoms with Gasteiger partial charge in [0.1, 0.15) is 0 Å². The molecule has 4 nitrogen and oxygen atoms in total. The third-order valence-corrected chi connectivity index (χ3v) is 3.11. The van der Waals surface area contributed by atoms with Crippen molar-refractivity contribution in [3.05, 3.63) is 28.2 Å².